The van der Waals surface area contributed by atoms with Crippen LogP contribution < -0.4 is 4.74 Å². The van der Waals surface area contributed by atoms with E-state index in [1.165, 1.54) is 4.31 Å². The maximum Gasteiger partial charge on any atom is 0.227 e. The van der Waals surface area contributed by atoms with Gasteiger partial charge in [-0.2, -0.15) is 10.4 Å². The van der Waals surface area contributed by atoms with Gasteiger partial charge < -0.3 is 9.72 Å². The molecule has 6 rings (SSSR count). The second-order valence-electron chi connectivity index (χ2n) is 9.81. The Balaban J connectivity index is 1.17. The fraction of sp³-hybridized carbons (Fsp3) is 0.296. The van der Waals surface area contributed by atoms with Gasteiger partial charge in [0, 0.05) is 37.5 Å². The van der Waals surface area contributed by atoms with E-state index < -0.39 is 15.8 Å². The van der Waals surface area contributed by atoms with Crippen molar-refractivity contribution in [1.82, 2.24) is 34.0 Å². The number of aromatic amines is 1. The Morgan fingerprint density at radius 2 is 1.95 bits per heavy atom. The van der Waals surface area contributed by atoms with E-state index in [4.69, 9.17) is 26.6 Å². The summed E-state index contributed by atoms with van der Waals surface area (Å²) in [6.45, 7) is 3.39. The Hall–Kier alpha value is -4.05. The number of nitrogens with zero attached hydrogens (tertiary/aromatic N) is 7. The zero-order valence-corrected chi connectivity index (χ0v) is 23.2. The molecule has 1 fully saturated rings. The largest absolute Gasteiger partial charge is 0.456 e. The lowest BCUT2D eigenvalue weighted by molar-refractivity contribution is 0.248. The minimum atomic E-state index is -3.50. The average molecular weight is 577 g/mol. The number of aryl methyl sites for hydroxylation is 1. The van der Waals surface area contributed by atoms with Gasteiger partial charge in [0.1, 0.15) is 27.9 Å². The van der Waals surface area contributed by atoms with Crippen LogP contribution in [0.3, 0.4) is 0 Å². The molecule has 0 unspecified atom stereocenters. The molecule has 2 aromatic carbocycles. The molecule has 1 aliphatic rings. The van der Waals surface area contributed by atoms with Crippen molar-refractivity contribution in [3.8, 4) is 28.8 Å². The summed E-state index contributed by atoms with van der Waals surface area (Å²) in [6.07, 6.45) is 6.75. The Morgan fingerprint density at radius 3 is 2.75 bits per heavy atom. The van der Waals surface area contributed by atoms with Crippen LogP contribution in [0.15, 0.2) is 48.9 Å². The Kier molecular flexibility index (Phi) is 6.87. The molecule has 0 radical (unpaired) electrons. The van der Waals surface area contributed by atoms with Gasteiger partial charge in [-0.25, -0.2) is 22.7 Å². The van der Waals surface area contributed by atoms with Gasteiger partial charge in [0.2, 0.25) is 10.0 Å². The number of rotatable bonds is 7. The summed E-state index contributed by atoms with van der Waals surface area (Å²) in [5.74, 6) is 1.72. The smallest absolute Gasteiger partial charge is 0.227 e. The van der Waals surface area contributed by atoms with E-state index in [9.17, 15) is 8.42 Å². The number of piperidine rings is 1. The standard InChI is InChI=1S/C27H25ClN8O3S/c1-17-32-21-3-2-20(12-23(21)33-17)39-25-5-4-22-27(26(25)28)34-24(14-30-22)19-13-31-35(16-19)15-18-6-9-36(10-7-18)40(37,38)11-8-29/h2-5,12-14,16,18H,6-7,9-11,15H2,1H3,(H,32,33). The zero-order valence-electron chi connectivity index (χ0n) is 21.6. The van der Waals surface area contributed by atoms with Crippen LogP contribution >= 0.6 is 11.6 Å². The van der Waals surface area contributed by atoms with E-state index >= 15 is 0 Å². The first-order chi connectivity index (χ1) is 19.3. The van der Waals surface area contributed by atoms with Crippen LogP contribution in [0.1, 0.15) is 18.7 Å². The van der Waals surface area contributed by atoms with E-state index in [-0.39, 0.29) is 5.92 Å². The number of aromatic nitrogens is 6. The predicted molar refractivity (Wildman–Crippen MR) is 150 cm³/mol. The molecule has 1 saturated heterocycles. The molecule has 0 atom stereocenters. The van der Waals surface area contributed by atoms with Gasteiger partial charge >= 0.3 is 0 Å². The highest BCUT2D eigenvalue weighted by atomic mass is 35.5. The van der Waals surface area contributed by atoms with Gasteiger partial charge in [-0.05, 0) is 49.9 Å². The number of sulfonamides is 1. The van der Waals surface area contributed by atoms with Gasteiger partial charge in [0.05, 0.1) is 40.7 Å². The SMILES string of the molecule is Cc1nc2ccc(Oc3ccc4ncc(-c5cnn(CC6CCN(S(=O)(=O)CC#N)CC6)c5)nc4c3Cl)cc2[nH]1. The third-order valence-corrected chi connectivity index (χ3v) is 9.02. The number of nitrogens with one attached hydrogen (secondary N) is 1. The summed E-state index contributed by atoms with van der Waals surface area (Å²) < 4.78 is 33.6. The normalized spacial score (nSPS) is 15.0. The van der Waals surface area contributed by atoms with Crippen LogP contribution in [0, 0.1) is 24.2 Å². The number of nitriles is 1. The van der Waals surface area contributed by atoms with Crippen molar-refractivity contribution < 1.29 is 13.2 Å². The van der Waals surface area contributed by atoms with Gasteiger partial charge in [0.25, 0.3) is 0 Å². The fourth-order valence-corrected chi connectivity index (χ4v) is 6.31. The molecule has 0 spiro atoms. The lowest BCUT2D eigenvalue weighted by atomic mass is 9.98. The number of ether oxygens (including phenoxy) is 1. The minimum Gasteiger partial charge on any atom is -0.456 e. The van der Waals surface area contributed by atoms with Crippen LogP contribution in [-0.2, 0) is 16.6 Å². The first-order valence-electron chi connectivity index (χ1n) is 12.8. The van der Waals surface area contributed by atoms with Gasteiger partial charge in [0.15, 0.2) is 5.75 Å². The molecule has 11 nitrogen and oxygen atoms in total. The maximum atomic E-state index is 12.1. The van der Waals surface area contributed by atoms with Crippen molar-refractivity contribution in [3.05, 3.63) is 59.8 Å². The molecule has 5 aromatic rings. The van der Waals surface area contributed by atoms with Crippen molar-refractivity contribution in [2.45, 2.75) is 26.3 Å². The summed E-state index contributed by atoms with van der Waals surface area (Å²) in [4.78, 5) is 16.9. The molecule has 0 amide bonds. The molecule has 13 heteroatoms. The Morgan fingerprint density at radius 1 is 1.15 bits per heavy atom. The van der Waals surface area contributed by atoms with E-state index in [0.717, 1.165) is 22.4 Å². The number of benzene rings is 2. The maximum absolute atomic E-state index is 12.1. The zero-order chi connectivity index (χ0) is 27.9. The fourth-order valence-electron chi connectivity index (χ4n) is 4.95. The van der Waals surface area contributed by atoms with Crippen molar-refractivity contribution in [2.24, 2.45) is 5.92 Å². The highest BCUT2D eigenvalue weighted by Gasteiger charge is 2.28. The van der Waals surface area contributed by atoms with Crippen LogP contribution in [0.25, 0.3) is 33.3 Å². The summed E-state index contributed by atoms with van der Waals surface area (Å²) in [7, 11) is -3.50. The lowest BCUT2D eigenvalue weighted by Gasteiger charge is -2.30. The number of hydrogen-bond donors (Lipinski definition) is 1. The number of H-pyrrole nitrogens is 1. The number of halogens is 1. The summed E-state index contributed by atoms with van der Waals surface area (Å²) in [6, 6.07) is 10.9. The van der Waals surface area contributed by atoms with Gasteiger partial charge in [-0.15, -0.1) is 0 Å². The Labute approximate surface area is 235 Å². The molecule has 0 bridgehead atoms. The van der Waals surface area contributed by atoms with Crippen molar-refractivity contribution in [2.75, 3.05) is 18.8 Å². The van der Waals surface area contributed by atoms with Crippen LogP contribution in [0.5, 0.6) is 11.5 Å². The van der Waals surface area contributed by atoms with Crippen molar-refractivity contribution in [1.29, 1.82) is 5.26 Å². The van der Waals surface area contributed by atoms with Crippen LogP contribution in [0.2, 0.25) is 5.02 Å². The molecule has 0 saturated carbocycles. The molecular formula is C27H25ClN8O3S. The number of hydrogen-bond acceptors (Lipinski definition) is 8. The molecule has 1 N–H and O–H groups in total. The van der Waals surface area contributed by atoms with Crippen LogP contribution in [0.4, 0.5) is 0 Å². The lowest BCUT2D eigenvalue weighted by Crippen LogP contribution is -2.40. The monoisotopic (exact) mass is 576 g/mol. The third kappa shape index (κ3) is 5.23. The second-order valence-corrected chi connectivity index (χ2v) is 12.2. The second kappa shape index (κ2) is 10.5. The van der Waals surface area contributed by atoms with E-state index in [1.807, 2.05) is 42.1 Å². The number of fused-ring (bicyclic) bond motifs is 2. The summed E-state index contributed by atoms with van der Waals surface area (Å²) >= 11 is 6.74. The summed E-state index contributed by atoms with van der Waals surface area (Å²) in [5, 5.41) is 13.6. The first-order valence-corrected chi connectivity index (χ1v) is 14.7. The minimum absolute atomic E-state index is 0.281. The van der Waals surface area contributed by atoms with E-state index in [2.05, 4.69) is 20.1 Å². The molecule has 0 aliphatic carbocycles. The third-order valence-electron chi connectivity index (χ3n) is 7.01. The van der Waals surface area contributed by atoms with Crippen molar-refractivity contribution >= 4 is 43.7 Å². The van der Waals surface area contributed by atoms with Gasteiger partial charge in [-0.1, -0.05) is 11.6 Å². The van der Waals surface area contributed by atoms with Gasteiger partial charge in [-0.3, -0.25) is 9.67 Å². The topological polar surface area (TPSA) is 143 Å². The average Bonchev–Trinajstić information content (AvgIpc) is 3.56. The van der Waals surface area contributed by atoms with Crippen molar-refractivity contribution in [3.63, 3.8) is 0 Å². The quantitative estimate of drug-likeness (QED) is 0.294. The highest BCUT2D eigenvalue weighted by molar-refractivity contribution is 7.89. The van der Waals surface area contributed by atoms with E-state index in [0.29, 0.717) is 65.7 Å². The molecule has 4 heterocycles. The highest BCUT2D eigenvalue weighted by Crippen LogP contribution is 2.35. The molecule has 40 heavy (non-hydrogen) atoms. The molecule has 204 valence electrons. The predicted octanol–water partition coefficient (Wildman–Crippen LogP) is 4.69. The first kappa shape index (κ1) is 26.2. The van der Waals surface area contributed by atoms with E-state index in [1.54, 1.807) is 24.5 Å². The van der Waals surface area contributed by atoms with Crippen LogP contribution in [-0.4, -0.2) is 61.3 Å². The Bertz CT molecular complexity index is 1870. The number of imidazole rings is 1. The molecule has 3 aromatic heterocycles. The molecule has 1 aliphatic heterocycles. The molecular weight excluding hydrogens is 552 g/mol. The summed E-state index contributed by atoms with van der Waals surface area (Å²) in [5.41, 5.74) is 4.33.